The van der Waals surface area contributed by atoms with Crippen LogP contribution in [0.3, 0.4) is 0 Å². The van der Waals surface area contributed by atoms with Gasteiger partial charge in [-0.3, -0.25) is 14.4 Å². The highest BCUT2D eigenvalue weighted by atomic mass is 16.5. The molecule has 2 aliphatic rings. The predicted octanol–water partition coefficient (Wildman–Crippen LogP) is 3.20. The molecule has 1 aliphatic carbocycles. The zero-order chi connectivity index (χ0) is 22.7. The van der Waals surface area contributed by atoms with Crippen molar-refractivity contribution in [2.75, 3.05) is 13.7 Å². The molecule has 2 fully saturated rings. The summed E-state index contributed by atoms with van der Waals surface area (Å²) in [7, 11) is 1.61. The van der Waals surface area contributed by atoms with Crippen LogP contribution in [0.25, 0.3) is 0 Å². The van der Waals surface area contributed by atoms with Crippen LogP contribution in [0.15, 0.2) is 41.5 Å². The van der Waals surface area contributed by atoms with E-state index in [4.69, 9.17) is 4.74 Å². The van der Waals surface area contributed by atoms with E-state index in [0.29, 0.717) is 13.1 Å². The molecule has 170 valence electrons. The quantitative estimate of drug-likeness (QED) is 0.721. The average Bonchev–Trinajstić information content (AvgIpc) is 3.63. The van der Waals surface area contributed by atoms with Crippen LogP contribution in [-0.2, 0) is 6.54 Å². The first-order valence-corrected chi connectivity index (χ1v) is 11.5. The molecule has 2 heterocycles. The molecule has 1 saturated heterocycles. The Hall–Kier alpha value is -3.09. The van der Waals surface area contributed by atoms with E-state index >= 15 is 0 Å². The molecule has 1 aliphatic heterocycles. The SMILES string of the molecule is CC[C@H]1CCCCN1C(=O)c1cn(Cc2cccc(OC)c2)cc(C(=O)NC2CC2)c1=O. The van der Waals surface area contributed by atoms with E-state index in [1.54, 1.807) is 24.1 Å². The maximum absolute atomic E-state index is 13.5. The third kappa shape index (κ3) is 4.87. The van der Waals surface area contributed by atoms with Crippen molar-refractivity contribution in [1.29, 1.82) is 0 Å². The zero-order valence-corrected chi connectivity index (χ0v) is 18.8. The van der Waals surface area contributed by atoms with Crippen LogP contribution < -0.4 is 15.5 Å². The zero-order valence-electron chi connectivity index (χ0n) is 18.8. The summed E-state index contributed by atoms with van der Waals surface area (Å²) in [5.74, 6) is 0.0462. The van der Waals surface area contributed by atoms with Gasteiger partial charge in [0.15, 0.2) is 0 Å². The Labute approximate surface area is 188 Å². The Morgan fingerprint density at radius 1 is 1.12 bits per heavy atom. The van der Waals surface area contributed by atoms with Crippen molar-refractivity contribution in [3.63, 3.8) is 0 Å². The molecule has 1 saturated carbocycles. The van der Waals surface area contributed by atoms with Gasteiger partial charge in [-0.15, -0.1) is 0 Å². The molecule has 1 aromatic heterocycles. The normalized spacial score (nSPS) is 18.3. The Morgan fingerprint density at radius 2 is 1.91 bits per heavy atom. The minimum atomic E-state index is -0.490. The summed E-state index contributed by atoms with van der Waals surface area (Å²) in [5.41, 5.74) is 0.548. The summed E-state index contributed by atoms with van der Waals surface area (Å²) in [4.78, 5) is 41.4. The standard InChI is InChI=1S/C25H31N3O4/c1-3-19-8-4-5-12-28(19)25(31)22-16-27(14-17-7-6-9-20(13-17)32-2)15-21(23(22)29)24(30)26-18-10-11-18/h6-7,9,13,15-16,18-19H,3-5,8,10-12,14H2,1-2H3,(H,26,30)/t19-/m0/s1. The number of carbonyl (C=O) groups excluding carboxylic acids is 2. The van der Waals surface area contributed by atoms with Gasteiger partial charge >= 0.3 is 0 Å². The topological polar surface area (TPSA) is 80.6 Å². The maximum Gasteiger partial charge on any atom is 0.259 e. The molecular formula is C25H31N3O4. The number of aromatic nitrogens is 1. The van der Waals surface area contributed by atoms with Gasteiger partial charge in [0.1, 0.15) is 16.9 Å². The molecule has 1 N–H and O–H groups in total. The van der Waals surface area contributed by atoms with Gasteiger partial charge in [0.2, 0.25) is 5.43 Å². The summed E-state index contributed by atoms with van der Waals surface area (Å²) in [6, 6.07) is 7.86. The highest BCUT2D eigenvalue weighted by Crippen LogP contribution is 2.22. The first kappa shape index (κ1) is 22.1. The molecule has 0 unspecified atom stereocenters. The number of likely N-dealkylation sites (tertiary alicyclic amines) is 1. The molecule has 0 bridgehead atoms. The number of nitrogens with one attached hydrogen (secondary N) is 1. The number of hydrogen-bond donors (Lipinski definition) is 1. The Balaban J connectivity index is 1.71. The van der Waals surface area contributed by atoms with Crippen molar-refractivity contribution in [1.82, 2.24) is 14.8 Å². The Kier molecular flexibility index (Phi) is 6.63. The van der Waals surface area contributed by atoms with Gasteiger partial charge in [0.05, 0.1) is 7.11 Å². The lowest BCUT2D eigenvalue weighted by Gasteiger charge is -2.35. The highest BCUT2D eigenvalue weighted by molar-refractivity contribution is 5.99. The number of amides is 2. The lowest BCUT2D eigenvalue weighted by Crippen LogP contribution is -2.45. The minimum absolute atomic E-state index is 0.0238. The van der Waals surface area contributed by atoms with E-state index in [1.165, 1.54) is 0 Å². The van der Waals surface area contributed by atoms with Gasteiger partial charge in [-0.2, -0.15) is 0 Å². The molecule has 32 heavy (non-hydrogen) atoms. The third-order valence-electron chi connectivity index (χ3n) is 6.33. The van der Waals surface area contributed by atoms with Crippen molar-refractivity contribution in [2.45, 2.75) is 64.1 Å². The van der Waals surface area contributed by atoms with E-state index in [9.17, 15) is 14.4 Å². The number of carbonyl (C=O) groups is 2. The summed E-state index contributed by atoms with van der Waals surface area (Å²) < 4.78 is 7.07. The second-order valence-corrected chi connectivity index (χ2v) is 8.74. The number of nitrogens with zero attached hydrogens (tertiary/aromatic N) is 2. The van der Waals surface area contributed by atoms with E-state index < -0.39 is 11.3 Å². The van der Waals surface area contributed by atoms with Gasteiger partial charge in [-0.25, -0.2) is 0 Å². The smallest absolute Gasteiger partial charge is 0.259 e. The summed E-state index contributed by atoms with van der Waals surface area (Å²) in [6.45, 7) is 3.13. The van der Waals surface area contributed by atoms with E-state index in [-0.39, 0.29) is 29.1 Å². The number of piperidine rings is 1. The fraction of sp³-hybridized carbons (Fsp3) is 0.480. The first-order chi connectivity index (χ1) is 15.5. The lowest BCUT2D eigenvalue weighted by atomic mass is 9.98. The molecule has 2 amide bonds. The monoisotopic (exact) mass is 437 g/mol. The maximum atomic E-state index is 13.5. The summed E-state index contributed by atoms with van der Waals surface area (Å²) >= 11 is 0. The number of rotatable bonds is 7. The molecule has 1 aromatic carbocycles. The van der Waals surface area contributed by atoms with Gasteiger partial charge < -0.3 is 19.5 Å². The first-order valence-electron chi connectivity index (χ1n) is 11.5. The van der Waals surface area contributed by atoms with Crippen LogP contribution in [0.4, 0.5) is 0 Å². The van der Waals surface area contributed by atoms with E-state index in [1.807, 2.05) is 29.2 Å². The van der Waals surface area contributed by atoms with Crippen LogP contribution in [0, 0.1) is 0 Å². The van der Waals surface area contributed by atoms with Crippen LogP contribution in [-0.4, -0.2) is 47.0 Å². The Bertz CT molecular complexity index is 1060. The largest absolute Gasteiger partial charge is 0.497 e. The summed E-state index contributed by atoms with van der Waals surface area (Å²) in [6.07, 6.45) is 8.83. The molecule has 2 aromatic rings. The highest BCUT2D eigenvalue weighted by Gasteiger charge is 2.30. The number of ether oxygens (including phenoxy) is 1. The van der Waals surface area contributed by atoms with Crippen molar-refractivity contribution in [2.24, 2.45) is 0 Å². The van der Waals surface area contributed by atoms with Gasteiger partial charge in [0, 0.05) is 37.6 Å². The fourth-order valence-corrected chi connectivity index (χ4v) is 4.36. The fourth-order valence-electron chi connectivity index (χ4n) is 4.36. The number of hydrogen-bond acceptors (Lipinski definition) is 4. The molecular weight excluding hydrogens is 406 g/mol. The second-order valence-electron chi connectivity index (χ2n) is 8.74. The Morgan fingerprint density at radius 3 is 2.62 bits per heavy atom. The van der Waals surface area contributed by atoms with Crippen molar-refractivity contribution in [3.8, 4) is 5.75 Å². The van der Waals surface area contributed by atoms with Crippen LogP contribution >= 0.6 is 0 Å². The molecule has 7 heteroatoms. The van der Waals surface area contributed by atoms with E-state index in [0.717, 1.165) is 49.8 Å². The molecule has 4 rings (SSSR count). The van der Waals surface area contributed by atoms with Gasteiger partial charge in [-0.1, -0.05) is 19.1 Å². The van der Waals surface area contributed by atoms with Crippen LogP contribution in [0.2, 0.25) is 0 Å². The number of pyridine rings is 1. The number of methoxy groups -OCH3 is 1. The molecule has 0 spiro atoms. The lowest BCUT2D eigenvalue weighted by molar-refractivity contribution is 0.0605. The molecule has 1 atom stereocenters. The minimum Gasteiger partial charge on any atom is -0.497 e. The predicted molar refractivity (Wildman–Crippen MR) is 122 cm³/mol. The van der Waals surface area contributed by atoms with Crippen molar-refractivity contribution >= 4 is 11.8 Å². The van der Waals surface area contributed by atoms with Gasteiger partial charge in [-0.05, 0) is 56.2 Å². The van der Waals surface area contributed by atoms with Crippen LogP contribution in [0.1, 0.15) is 71.7 Å². The van der Waals surface area contributed by atoms with Crippen molar-refractivity contribution < 1.29 is 14.3 Å². The summed E-state index contributed by atoms with van der Waals surface area (Å²) in [5, 5.41) is 2.89. The third-order valence-corrected chi connectivity index (χ3v) is 6.33. The van der Waals surface area contributed by atoms with Gasteiger partial charge in [0.25, 0.3) is 11.8 Å². The molecule has 0 radical (unpaired) electrons. The second kappa shape index (κ2) is 9.59. The van der Waals surface area contributed by atoms with E-state index in [2.05, 4.69) is 12.2 Å². The molecule has 7 nitrogen and oxygen atoms in total. The number of benzene rings is 1. The average molecular weight is 438 g/mol. The van der Waals surface area contributed by atoms with Crippen molar-refractivity contribution in [3.05, 3.63) is 63.6 Å². The van der Waals surface area contributed by atoms with Crippen LogP contribution in [0.5, 0.6) is 5.75 Å².